The summed E-state index contributed by atoms with van der Waals surface area (Å²) in [4.78, 5) is 11.6. The largest absolute Gasteiger partial charge is 0.320 e. The van der Waals surface area contributed by atoms with Crippen LogP contribution in [0.2, 0.25) is 0 Å². The monoisotopic (exact) mass is 210 g/mol. The number of carbonyl (C=O) groups is 1. The molecule has 0 aliphatic carbocycles. The first-order chi connectivity index (χ1) is 7.04. The summed E-state index contributed by atoms with van der Waals surface area (Å²) in [6.07, 6.45) is 0.860. The molecule has 84 valence electrons. The molecule has 0 aromatic carbocycles. The summed E-state index contributed by atoms with van der Waals surface area (Å²) in [5.41, 5.74) is 6.69. The zero-order valence-electron chi connectivity index (χ0n) is 9.37. The maximum atomic E-state index is 11.6. The molecule has 1 atom stereocenters. The Bertz CT molecular complexity index is 332. The molecule has 4 N–H and O–H groups in total. The van der Waals surface area contributed by atoms with Crippen LogP contribution < -0.4 is 11.1 Å². The van der Waals surface area contributed by atoms with E-state index in [1.165, 1.54) is 0 Å². The summed E-state index contributed by atoms with van der Waals surface area (Å²) in [5.74, 6) is 0.460. The molecule has 15 heavy (non-hydrogen) atoms. The molecule has 1 aromatic rings. The Hall–Kier alpha value is -1.36. The maximum absolute atomic E-state index is 11.6. The molecule has 0 aliphatic heterocycles. The number of aryl methyl sites for hydroxylation is 1. The first kappa shape index (κ1) is 11.7. The lowest BCUT2D eigenvalue weighted by molar-refractivity contribution is -0.118. The number of amides is 1. The minimum Gasteiger partial charge on any atom is -0.320 e. The van der Waals surface area contributed by atoms with Gasteiger partial charge in [-0.1, -0.05) is 20.8 Å². The third-order valence-corrected chi connectivity index (χ3v) is 2.28. The molecule has 0 aliphatic rings. The number of hydrogen-bond acceptors (Lipinski definition) is 3. The second kappa shape index (κ2) is 4.93. The molecule has 1 aromatic heterocycles. The molecule has 5 nitrogen and oxygen atoms in total. The van der Waals surface area contributed by atoms with Gasteiger partial charge in [0.15, 0.2) is 5.82 Å². The molecule has 0 radical (unpaired) electrons. The normalized spacial score (nSPS) is 12.9. The molecule has 0 saturated heterocycles. The topological polar surface area (TPSA) is 83.8 Å². The van der Waals surface area contributed by atoms with E-state index in [1.54, 1.807) is 0 Å². The fourth-order valence-electron chi connectivity index (χ4n) is 1.12. The van der Waals surface area contributed by atoms with Gasteiger partial charge < -0.3 is 11.1 Å². The smallest absolute Gasteiger partial charge is 0.242 e. The van der Waals surface area contributed by atoms with Gasteiger partial charge >= 0.3 is 0 Å². The number of nitrogens with two attached hydrogens (primary N) is 1. The zero-order chi connectivity index (χ0) is 11.4. The van der Waals surface area contributed by atoms with E-state index >= 15 is 0 Å². The number of anilines is 1. The third kappa shape index (κ3) is 3.06. The highest BCUT2D eigenvalue weighted by molar-refractivity contribution is 5.94. The number of hydrogen-bond donors (Lipinski definition) is 3. The molecule has 1 rings (SSSR count). The van der Waals surface area contributed by atoms with E-state index in [0.717, 1.165) is 12.1 Å². The summed E-state index contributed by atoms with van der Waals surface area (Å²) in [5, 5.41) is 9.45. The molecule has 0 spiro atoms. The van der Waals surface area contributed by atoms with Crippen LogP contribution in [0.4, 0.5) is 5.82 Å². The number of aromatic nitrogens is 2. The van der Waals surface area contributed by atoms with E-state index in [1.807, 2.05) is 26.8 Å². The predicted molar refractivity (Wildman–Crippen MR) is 59.4 cm³/mol. The van der Waals surface area contributed by atoms with Gasteiger partial charge in [0.2, 0.25) is 5.91 Å². The van der Waals surface area contributed by atoms with Crippen molar-refractivity contribution in [3.8, 4) is 0 Å². The van der Waals surface area contributed by atoms with E-state index in [9.17, 15) is 4.79 Å². The van der Waals surface area contributed by atoms with Gasteiger partial charge in [-0.2, -0.15) is 5.10 Å². The molecule has 0 unspecified atom stereocenters. The highest BCUT2D eigenvalue weighted by Crippen LogP contribution is 2.07. The Labute approximate surface area is 89.4 Å². The van der Waals surface area contributed by atoms with Crippen LogP contribution in [-0.4, -0.2) is 22.1 Å². The summed E-state index contributed by atoms with van der Waals surface area (Å²) < 4.78 is 0. The molecule has 0 bridgehead atoms. The van der Waals surface area contributed by atoms with E-state index < -0.39 is 6.04 Å². The Balaban J connectivity index is 2.58. The van der Waals surface area contributed by atoms with Crippen LogP contribution in [-0.2, 0) is 11.2 Å². The number of nitrogens with zero attached hydrogens (tertiary/aromatic N) is 1. The van der Waals surface area contributed by atoms with Crippen molar-refractivity contribution in [1.29, 1.82) is 0 Å². The van der Waals surface area contributed by atoms with E-state index in [4.69, 9.17) is 5.73 Å². The van der Waals surface area contributed by atoms with Crippen molar-refractivity contribution < 1.29 is 4.79 Å². The van der Waals surface area contributed by atoms with Crippen LogP contribution in [0.15, 0.2) is 6.07 Å². The first-order valence-electron chi connectivity index (χ1n) is 5.15. The van der Waals surface area contributed by atoms with Gasteiger partial charge in [-0.3, -0.25) is 9.89 Å². The van der Waals surface area contributed by atoms with Crippen LogP contribution in [0, 0.1) is 5.92 Å². The standard InChI is InChI=1S/C10H18N4O/c1-4-7-5-8(14-13-7)12-10(15)9(11)6(2)3/h5-6,9H,4,11H2,1-3H3,(H2,12,13,14,15)/t9-/m0/s1. The summed E-state index contributed by atoms with van der Waals surface area (Å²) in [6, 6.07) is 1.32. The van der Waals surface area contributed by atoms with Crippen molar-refractivity contribution in [2.24, 2.45) is 11.7 Å². The lowest BCUT2D eigenvalue weighted by atomic mass is 10.1. The maximum Gasteiger partial charge on any atom is 0.242 e. The predicted octanol–water partition coefficient (Wildman–Crippen LogP) is 0.894. The van der Waals surface area contributed by atoms with E-state index in [2.05, 4.69) is 15.5 Å². The van der Waals surface area contributed by atoms with Gasteiger partial charge in [-0.05, 0) is 12.3 Å². The van der Waals surface area contributed by atoms with Crippen molar-refractivity contribution in [2.45, 2.75) is 33.2 Å². The van der Waals surface area contributed by atoms with Crippen molar-refractivity contribution in [3.63, 3.8) is 0 Å². The van der Waals surface area contributed by atoms with Crippen LogP contribution in [0.3, 0.4) is 0 Å². The second-order valence-electron chi connectivity index (χ2n) is 3.89. The molecule has 0 saturated carbocycles. The van der Waals surface area contributed by atoms with Crippen LogP contribution >= 0.6 is 0 Å². The van der Waals surface area contributed by atoms with Gasteiger partial charge in [0.25, 0.3) is 0 Å². The van der Waals surface area contributed by atoms with Crippen LogP contribution in [0.1, 0.15) is 26.5 Å². The van der Waals surface area contributed by atoms with Gasteiger partial charge in [0.1, 0.15) is 0 Å². The van der Waals surface area contributed by atoms with Crippen molar-refractivity contribution in [3.05, 3.63) is 11.8 Å². The third-order valence-electron chi connectivity index (χ3n) is 2.28. The molecular weight excluding hydrogens is 192 g/mol. The number of H-pyrrole nitrogens is 1. The highest BCUT2D eigenvalue weighted by Gasteiger charge is 2.17. The summed E-state index contributed by atoms with van der Waals surface area (Å²) in [6.45, 7) is 5.83. The van der Waals surface area contributed by atoms with Gasteiger partial charge in [0.05, 0.1) is 6.04 Å². The quantitative estimate of drug-likeness (QED) is 0.690. The van der Waals surface area contributed by atoms with Gasteiger partial charge in [-0.15, -0.1) is 0 Å². The Morgan fingerprint density at radius 2 is 2.33 bits per heavy atom. The van der Waals surface area contributed by atoms with E-state index in [0.29, 0.717) is 5.82 Å². The second-order valence-corrected chi connectivity index (χ2v) is 3.89. The first-order valence-corrected chi connectivity index (χ1v) is 5.15. The summed E-state index contributed by atoms with van der Waals surface area (Å²) in [7, 11) is 0. The average molecular weight is 210 g/mol. The fourth-order valence-corrected chi connectivity index (χ4v) is 1.12. The Kier molecular flexibility index (Phi) is 3.85. The minimum atomic E-state index is -0.494. The number of rotatable bonds is 4. The van der Waals surface area contributed by atoms with Crippen molar-refractivity contribution >= 4 is 11.7 Å². The summed E-state index contributed by atoms with van der Waals surface area (Å²) >= 11 is 0. The number of carbonyl (C=O) groups excluding carboxylic acids is 1. The van der Waals surface area contributed by atoms with E-state index in [-0.39, 0.29) is 11.8 Å². The zero-order valence-corrected chi connectivity index (χ0v) is 9.37. The molecule has 0 fully saturated rings. The van der Waals surface area contributed by atoms with Gasteiger partial charge in [0, 0.05) is 11.8 Å². The van der Waals surface area contributed by atoms with Crippen molar-refractivity contribution in [2.75, 3.05) is 5.32 Å². The number of nitrogens with one attached hydrogen (secondary N) is 2. The van der Waals surface area contributed by atoms with Crippen LogP contribution in [0.25, 0.3) is 0 Å². The van der Waals surface area contributed by atoms with Crippen molar-refractivity contribution in [1.82, 2.24) is 10.2 Å². The van der Waals surface area contributed by atoms with Gasteiger partial charge in [-0.25, -0.2) is 0 Å². The molecule has 1 heterocycles. The lowest BCUT2D eigenvalue weighted by Crippen LogP contribution is -2.39. The minimum absolute atomic E-state index is 0.120. The molecule has 5 heteroatoms. The highest BCUT2D eigenvalue weighted by atomic mass is 16.2. The fraction of sp³-hybridized carbons (Fsp3) is 0.600. The van der Waals surface area contributed by atoms with Crippen LogP contribution in [0.5, 0.6) is 0 Å². The average Bonchev–Trinajstić information content (AvgIpc) is 2.64. The molecular formula is C10H18N4O. The lowest BCUT2D eigenvalue weighted by Gasteiger charge is -2.13. The Morgan fingerprint density at radius 3 is 2.80 bits per heavy atom. The SMILES string of the molecule is CCc1cc(NC(=O)[C@@H](N)C(C)C)n[nH]1. The Morgan fingerprint density at radius 1 is 1.67 bits per heavy atom. The molecule has 1 amide bonds. The number of aromatic amines is 1.